The highest BCUT2D eigenvalue weighted by molar-refractivity contribution is 5.66. The standard InChI is InChI=1S/C11H10N2O3/c14-11(15)8-13-7-10(6-12-13)16-9-4-2-1-3-5-9/h1-7H,8H2,(H,14,15). The monoisotopic (exact) mass is 218 g/mol. The molecule has 0 atom stereocenters. The van der Waals surface area contributed by atoms with Crippen LogP contribution in [0.5, 0.6) is 11.5 Å². The number of hydrogen-bond donors (Lipinski definition) is 1. The highest BCUT2D eigenvalue weighted by Gasteiger charge is 2.03. The first-order valence-corrected chi connectivity index (χ1v) is 4.71. The van der Waals surface area contributed by atoms with Crippen molar-refractivity contribution in [1.29, 1.82) is 0 Å². The van der Waals surface area contributed by atoms with Gasteiger partial charge in [-0.15, -0.1) is 0 Å². The highest BCUT2D eigenvalue weighted by Crippen LogP contribution is 2.19. The Balaban J connectivity index is 2.06. The normalized spacial score (nSPS) is 10.0. The van der Waals surface area contributed by atoms with Crippen LogP contribution in [-0.2, 0) is 11.3 Å². The number of carboxylic acids is 1. The van der Waals surface area contributed by atoms with Gasteiger partial charge in [-0.25, -0.2) is 0 Å². The minimum atomic E-state index is -0.936. The van der Waals surface area contributed by atoms with Crippen LogP contribution in [0.15, 0.2) is 42.7 Å². The SMILES string of the molecule is O=C(O)Cn1cc(Oc2ccccc2)cn1. The number of benzene rings is 1. The van der Waals surface area contributed by atoms with Crippen molar-refractivity contribution in [2.75, 3.05) is 0 Å². The van der Waals surface area contributed by atoms with Crippen molar-refractivity contribution in [1.82, 2.24) is 9.78 Å². The summed E-state index contributed by atoms with van der Waals surface area (Å²) in [5, 5.41) is 12.4. The molecule has 1 N–H and O–H groups in total. The third-order valence-electron chi connectivity index (χ3n) is 1.89. The maximum Gasteiger partial charge on any atom is 0.325 e. The lowest BCUT2D eigenvalue weighted by atomic mass is 10.3. The number of rotatable bonds is 4. The fourth-order valence-electron chi connectivity index (χ4n) is 1.25. The van der Waals surface area contributed by atoms with E-state index in [0.29, 0.717) is 11.5 Å². The Morgan fingerprint density at radius 3 is 2.75 bits per heavy atom. The summed E-state index contributed by atoms with van der Waals surface area (Å²) < 4.78 is 6.77. The van der Waals surface area contributed by atoms with Gasteiger partial charge in [-0.05, 0) is 12.1 Å². The molecular formula is C11H10N2O3. The first-order chi connectivity index (χ1) is 7.74. The second-order valence-electron chi connectivity index (χ2n) is 3.18. The summed E-state index contributed by atoms with van der Waals surface area (Å²) in [7, 11) is 0. The Bertz CT molecular complexity index is 479. The van der Waals surface area contributed by atoms with E-state index in [1.807, 2.05) is 30.3 Å². The molecule has 0 saturated heterocycles. The van der Waals surface area contributed by atoms with Crippen molar-refractivity contribution in [3.8, 4) is 11.5 Å². The molecule has 0 unspecified atom stereocenters. The van der Waals surface area contributed by atoms with E-state index >= 15 is 0 Å². The molecule has 16 heavy (non-hydrogen) atoms. The van der Waals surface area contributed by atoms with E-state index in [9.17, 15) is 4.79 Å². The first kappa shape index (κ1) is 10.2. The highest BCUT2D eigenvalue weighted by atomic mass is 16.5. The van der Waals surface area contributed by atoms with Gasteiger partial charge >= 0.3 is 5.97 Å². The predicted octanol–water partition coefficient (Wildman–Crippen LogP) is 1.76. The third kappa shape index (κ3) is 2.60. The molecule has 0 aliphatic rings. The summed E-state index contributed by atoms with van der Waals surface area (Å²) in [5.74, 6) is 0.277. The van der Waals surface area contributed by atoms with E-state index in [2.05, 4.69) is 5.10 Å². The number of carbonyl (C=O) groups is 1. The molecule has 0 amide bonds. The van der Waals surface area contributed by atoms with E-state index in [1.165, 1.54) is 10.9 Å². The summed E-state index contributed by atoms with van der Waals surface area (Å²) in [5.41, 5.74) is 0. The van der Waals surface area contributed by atoms with E-state index in [-0.39, 0.29) is 6.54 Å². The van der Waals surface area contributed by atoms with Crippen LogP contribution in [0.4, 0.5) is 0 Å². The zero-order chi connectivity index (χ0) is 11.4. The molecule has 1 aromatic heterocycles. The first-order valence-electron chi connectivity index (χ1n) is 4.71. The number of carboxylic acid groups (broad SMARTS) is 1. The van der Waals surface area contributed by atoms with Gasteiger partial charge in [-0.1, -0.05) is 18.2 Å². The van der Waals surface area contributed by atoms with Crippen LogP contribution in [0.2, 0.25) is 0 Å². The molecule has 1 aromatic carbocycles. The van der Waals surface area contributed by atoms with Gasteiger partial charge in [0.05, 0.1) is 12.4 Å². The molecule has 2 aromatic rings. The smallest absolute Gasteiger partial charge is 0.325 e. The quantitative estimate of drug-likeness (QED) is 0.849. The van der Waals surface area contributed by atoms with Crippen molar-refractivity contribution < 1.29 is 14.6 Å². The lowest BCUT2D eigenvalue weighted by molar-refractivity contribution is -0.137. The number of ether oxygens (including phenoxy) is 1. The summed E-state index contributed by atoms with van der Waals surface area (Å²) >= 11 is 0. The maximum absolute atomic E-state index is 10.4. The number of nitrogens with zero attached hydrogens (tertiary/aromatic N) is 2. The molecule has 5 nitrogen and oxygen atoms in total. The molecule has 2 rings (SSSR count). The van der Waals surface area contributed by atoms with E-state index in [4.69, 9.17) is 9.84 Å². The maximum atomic E-state index is 10.4. The van der Waals surface area contributed by atoms with Crippen LogP contribution in [0.1, 0.15) is 0 Å². The second kappa shape index (κ2) is 4.48. The van der Waals surface area contributed by atoms with E-state index in [0.717, 1.165) is 0 Å². The van der Waals surface area contributed by atoms with Crippen LogP contribution in [0, 0.1) is 0 Å². The zero-order valence-electron chi connectivity index (χ0n) is 8.41. The molecule has 0 aliphatic heterocycles. The molecule has 0 spiro atoms. The topological polar surface area (TPSA) is 64.3 Å². The zero-order valence-corrected chi connectivity index (χ0v) is 8.41. The van der Waals surface area contributed by atoms with Crippen LogP contribution < -0.4 is 4.74 Å². The number of aromatic nitrogens is 2. The molecule has 0 saturated carbocycles. The Kier molecular flexibility index (Phi) is 2.86. The second-order valence-corrected chi connectivity index (χ2v) is 3.18. The minimum Gasteiger partial charge on any atom is -0.480 e. The van der Waals surface area contributed by atoms with Gasteiger partial charge in [0.25, 0.3) is 0 Å². The Hall–Kier alpha value is -2.30. The summed E-state index contributed by atoms with van der Waals surface area (Å²) in [6, 6.07) is 9.23. The van der Waals surface area contributed by atoms with Gasteiger partial charge in [-0.3, -0.25) is 9.48 Å². The Morgan fingerprint density at radius 1 is 1.31 bits per heavy atom. The average Bonchev–Trinajstić information content (AvgIpc) is 2.66. The number of aliphatic carboxylic acids is 1. The predicted molar refractivity (Wildman–Crippen MR) is 56.4 cm³/mol. The minimum absolute atomic E-state index is 0.169. The summed E-state index contributed by atoms with van der Waals surface area (Å²) in [6.07, 6.45) is 3.02. The largest absolute Gasteiger partial charge is 0.480 e. The van der Waals surface area contributed by atoms with Gasteiger partial charge in [0.2, 0.25) is 0 Å². The molecule has 82 valence electrons. The van der Waals surface area contributed by atoms with Crippen LogP contribution in [0.25, 0.3) is 0 Å². The molecule has 0 bridgehead atoms. The molecular weight excluding hydrogens is 208 g/mol. The lowest BCUT2D eigenvalue weighted by Crippen LogP contribution is -2.08. The Morgan fingerprint density at radius 2 is 2.06 bits per heavy atom. The molecule has 0 radical (unpaired) electrons. The number of hydrogen-bond acceptors (Lipinski definition) is 3. The third-order valence-corrected chi connectivity index (χ3v) is 1.89. The molecule has 0 fully saturated rings. The van der Waals surface area contributed by atoms with Gasteiger partial charge in [0.1, 0.15) is 12.3 Å². The molecule has 1 heterocycles. The molecule has 5 heteroatoms. The Labute approximate surface area is 91.9 Å². The van der Waals surface area contributed by atoms with Crippen molar-refractivity contribution in [2.24, 2.45) is 0 Å². The van der Waals surface area contributed by atoms with Crippen molar-refractivity contribution in [2.45, 2.75) is 6.54 Å². The summed E-state index contributed by atoms with van der Waals surface area (Å²) in [4.78, 5) is 10.4. The van der Waals surface area contributed by atoms with E-state index in [1.54, 1.807) is 6.20 Å². The fourth-order valence-corrected chi connectivity index (χ4v) is 1.25. The van der Waals surface area contributed by atoms with Gasteiger partial charge in [-0.2, -0.15) is 5.10 Å². The van der Waals surface area contributed by atoms with Crippen LogP contribution >= 0.6 is 0 Å². The summed E-state index contributed by atoms with van der Waals surface area (Å²) in [6.45, 7) is -0.169. The molecule has 0 aliphatic carbocycles. The van der Waals surface area contributed by atoms with Crippen LogP contribution in [-0.4, -0.2) is 20.9 Å². The number of para-hydroxylation sites is 1. The van der Waals surface area contributed by atoms with Crippen molar-refractivity contribution in [3.63, 3.8) is 0 Å². The average molecular weight is 218 g/mol. The van der Waals surface area contributed by atoms with Crippen molar-refractivity contribution >= 4 is 5.97 Å². The van der Waals surface area contributed by atoms with E-state index < -0.39 is 5.97 Å². The fraction of sp³-hybridized carbons (Fsp3) is 0.0909. The van der Waals surface area contributed by atoms with Crippen molar-refractivity contribution in [3.05, 3.63) is 42.7 Å². The lowest BCUT2D eigenvalue weighted by Gasteiger charge is -2.00. The van der Waals surface area contributed by atoms with Gasteiger partial charge in [0, 0.05) is 0 Å². The van der Waals surface area contributed by atoms with Gasteiger partial charge < -0.3 is 9.84 Å². The van der Waals surface area contributed by atoms with Crippen LogP contribution in [0.3, 0.4) is 0 Å². The van der Waals surface area contributed by atoms with Gasteiger partial charge in [0.15, 0.2) is 5.75 Å².